The molecule has 0 N–H and O–H groups in total. The molecule has 2 atom stereocenters. The smallest absolute Gasteiger partial charge is 0.312 e. The maximum atomic E-state index is 12.4. The Labute approximate surface area is 151 Å². The summed E-state index contributed by atoms with van der Waals surface area (Å²) in [6.45, 7) is 3.22. The summed E-state index contributed by atoms with van der Waals surface area (Å²) < 4.78 is 5.33. The number of hydrogen-bond donors (Lipinski definition) is 0. The molecular weight excluding hydrogens is 344 g/mol. The minimum Gasteiger partial charge on any atom is -0.452 e. The number of ether oxygens (including phenoxy) is 1. The summed E-state index contributed by atoms with van der Waals surface area (Å²) in [6.07, 6.45) is 1.21. The molecule has 134 valence electrons. The number of esters is 1. The van der Waals surface area contributed by atoms with E-state index in [1.54, 1.807) is 36.1 Å². The molecule has 0 saturated carbocycles. The number of para-hydroxylation sites is 1. The van der Waals surface area contributed by atoms with E-state index in [2.05, 4.69) is 0 Å². The second kappa shape index (κ2) is 7.44. The first kappa shape index (κ1) is 17.7. The van der Waals surface area contributed by atoms with Crippen molar-refractivity contribution in [2.45, 2.75) is 32.3 Å². The highest BCUT2D eigenvalue weighted by molar-refractivity contribution is 6.33. The molecule has 2 heterocycles. The molecule has 2 aliphatic rings. The fourth-order valence-electron chi connectivity index (χ4n) is 3.28. The summed E-state index contributed by atoms with van der Waals surface area (Å²) in [5.74, 6) is -1.44. The number of carbonyl (C=O) groups excluding carboxylic acids is 3. The Morgan fingerprint density at radius 2 is 1.92 bits per heavy atom. The minimum absolute atomic E-state index is 0.0642. The van der Waals surface area contributed by atoms with Crippen molar-refractivity contribution in [1.29, 1.82) is 0 Å². The van der Waals surface area contributed by atoms with Gasteiger partial charge in [0.2, 0.25) is 5.91 Å². The molecule has 0 radical (unpaired) electrons. The van der Waals surface area contributed by atoms with E-state index in [0.29, 0.717) is 23.8 Å². The van der Waals surface area contributed by atoms with E-state index < -0.39 is 18.0 Å². The van der Waals surface area contributed by atoms with Gasteiger partial charge in [-0.15, -0.1) is 0 Å². The normalized spacial score (nSPS) is 21.5. The summed E-state index contributed by atoms with van der Waals surface area (Å²) in [6, 6.07) is 7.01. The van der Waals surface area contributed by atoms with Gasteiger partial charge in [-0.2, -0.15) is 0 Å². The third kappa shape index (κ3) is 3.79. The molecule has 0 aromatic heterocycles. The Kier molecular flexibility index (Phi) is 5.27. The first-order valence-corrected chi connectivity index (χ1v) is 8.89. The number of likely N-dealkylation sites (tertiary alicyclic amines) is 1. The van der Waals surface area contributed by atoms with E-state index in [4.69, 9.17) is 16.3 Å². The maximum Gasteiger partial charge on any atom is 0.312 e. The van der Waals surface area contributed by atoms with E-state index >= 15 is 0 Å². The van der Waals surface area contributed by atoms with Crippen molar-refractivity contribution in [2.24, 2.45) is 5.92 Å². The predicted molar refractivity (Wildman–Crippen MR) is 93.3 cm³/mol. The minimum atomic E-state index is -0.824. The lowest BCUT2D eigenvalue weighted by atomic mass is 10.1. The molecule has 6 nitrogen and oxygen atoms in total. The Balaban J connectivity index is 1.61. The van der Waals surface area contributed by atoms with Crippen molar-refractivity contribution < 1.29 is 19.1 Å². The number of anilines is 1. The van der Waals surface area contributed by atoms with Crippen LogP contribution in [0.1, 0.15) is 26.2 Å². The molecule has 2 saturated heterocycles. The lowest BCUT2D eigenvalue weighted by Gasteiger charge is -2.22. The SMILES string of the molecule is C[C@H](OC(=O)[C@@H]1CC(=O)N(c2ccccc2Cl)C1)C(=O)N1CCCC1. The van der Waals surface area contributed by atoms with Gasteiger partial charge in [-0.25, -0.2) is 0 Å². The third-order valence-electron chi connectivity index (χ3n) is 4.66. The molecule has 2 aliphatic heterocycles. The van der Waals surface area contributed by atoms with Gasteiger partial charge in [-0.1, -0.05) is 23.7 Å². The second-order valence-electron chi connectivity index (χ2n) is 6.47. The fraction of sp³-hybridized carbons (Fsp3) is 0.500. The lowest BCUT2D eigenvalue weighted by Crippen LogP contribution is -2.39. The highest BCUT2D eigenvalue weighted by Gasteiger charge is 2.38. The summed E-state index contributed by atoms with van der Waals surface area (Å²) in [4.78, 5) is 40.1. The molecule has 25 heavy (non-hydrogen) atoms. The van der Waals surface area contributed by atoms with Gasteiger partial charge in [0.15, 0.2) is 6.10 Å². The van der Waals surface area contributed by atoms with Crippen LogP contribution in [0.25, 0.3) is 0 Å². The fourth-order valence-corrected chi connectivity index (χ4v) is 3.52. The third-order valence-corrected chi connectivity index (χ3v) is 4.98. The molecular formula is C18H21ClN2O4. The highest BCUT2D eigenvalue weighted by atomic mass is 35.5. The Morgan fingerprint density at radius 3 is 2.60 bits per heavy atom. The van der Waals surface area contributed by atoms with Crippen LogP contribution < -0.4 is 4.90 Å². The summed E-state index contributed by atoms with van der Waals surface area (Å²) in [5.41, 5.74) is 0.589. The number of hydrogen-bond acceptors (Lipinski definition) is 4. The van der Waals surface area contributed by atoms with Crippen molar-refractivity contribution in [2.75, 3.05) is 24.5 Å². The van der Waals surface area contributed by atoms with Gasteiger partial charge in [0.1, 0.15) is 0 Å². The first-order valence-electron chi connectivity index (χ1n) is 8.51. The summed E-state index contributed by atoms with van der Waals surface area (Å²) in [5, 5.41) is 0.461. The molecule has 0 spiro atoms. The van der Waals surface area contributed by atoms with Gasteiger partial charge in [0.05, 0.1) is 16.6 Å². The van der Waals surface area contributed by atoms with Gasteiger partial charge in [0.25, 0.3) is 5.91 Å². The van der Waals surface area contributed by atoms with Crippen LogP contribution in [-0.2, 0) is 19.1 Å². The zero-order valence-corrected chi connectivity index (χ0v) is 14.9. The largest absolute Gasteiger partial charge is 0.452 e. The molecule has 0 unspecified atom stereocenters. The van der Waals surface area contributed by atoms with Crippen LogP contribution in [0, 0.1) is 5.92 Å². The van der Waals surface area contributed by atoms with Crippen molar-refractivity contribution in [1.82, 2.24) is 4.90 Å². The van der Waals surface area contributed by atoms with E-state index in [1.807, 2.05) is 0 Å². The monoisotopic (exact) mass is 364 g/mol. The topological polar surface area (TPSA) is 66.9 Å². The van der Waals surface area contributed by atoms with Gasteiger partial charge in [-0.3, -0.25) is 14.4 Å². The van der Waals surface area contributed by atoms with Crippen molar-refractivity contribution >= 4 is 35.1 Å². The quantitative estimate of drug-likeness (QED) is 0.768. The Hall–Kier alpha value is -2.08. The van der Waals surface area contributed by atoms with Crippen molar-refractivity contribution in [3.05, 3.63) is 29.3 Å². The molecule has 7 heteroatoms. The number of nitrogens with zero attached hydrogens (tertiary/aromatic N) is 2. The molecule has 3 rings (SSSR count). The van der Waals surface area contributed by atoms with E-state index in [9.17, 15) is 14.4 Å². The molecule has 2 fully saturated rings. The van der Waals surface area contributed by atoms with E-state index in [-0.39, 0.29) is 24.8 Å². The molecule has 0 bridgehead atoms. The molecule has 1 aromatic rings. The van der Waals surface area contributed by atoms with Crippen LogP contribution in [0.4, 0.5) is 5.69 Å². The van der Waals surface area contributed by atoms with Crippen LogP contribution in [-0.4, -0.2) is 48.4 Å². The number of amides is 2. The second-order valence-corrected chi connectivity index (χ2v) is 6.88. The van der Waals surface area contributed by atoms with E-state index in [0.717, 1.165) is 12.8 Å². The Bertz CT molecular complexity index is 687. The van der Waals surface area contributed by atoms with Crippen molar-refractivity contribution in [3.8, 4) is 0 Å². The number of rotatable bonds is 4. The maximum absolute atomic E-state index is 12.4. The average Bonchev–Trinajstić information content (AvgIpc) is 3.24. The van der Waals surface area contributed by atoms with Gasteiger partial charge < -0.3 is 14.5 Å². The Morgan fingerprint density at radius 1 is 1.24 bits per heavy atom. The van der Waals surface area contributed by atoms with Gasteiger partial charge >= 0.3 is 5.97 Å². The highest BCUT2D eigenvalue weighted by Crippen LogP contribution is 2.31. The average molecular weight is 365 g/mol. The summed E-state index contributed by atoms with van der Waals surface area (Å²) in [7, 11) is 0. The van der Waals surface area contributed by atoms with E-state index in [1.165, 1.54) is 4.90 Å². The van der Waals surface area contributed by atoms with Crippen LogP contribution in [0.3, 0.4) is 0 Å². The molecule has 2 amide bonds. The number of benzene rings is 1. The zero-order chi connectivity index (χ0) is 18.0. The number of halogens is 1. The van der Waals surface area contributed by atoms with Crippen LogP contribution >= 0.6 is 11.6 Å². The predicted octanol–water partition coefficient (Wildman–Crippen LogP) is 2.25. The lowest BCUT2D eigenvalue weighted by molar-refractivity contribution is -0.161. The first-order chi connectivity index (χ1) is 12.0. The molecule has 1 aromatic carbocycles. The van der Waals surface area contributed by atoms with Crippen LogP contribution in [0.2, 0.25) is 5.02 Å². The number of carbonyl (C=O) groups is 3. The van der Waals surface area contributed by atoms with Crippen LogP contribution in [0.5, 0.6) is 0 Å². The van der Waals surface area contributed by atoms with Crippen LogP contribution in [0.15, 0.2) is 24.3 Å². The van der Waals surface area contributed by atoms with Gasteiger partial charge in [-0.05, 0) is 31.9 Å². The molecule has 0 aliphatic carbocycles. The van der Waals surface area contributed by atoms with Crippen molar-refractivity contribution in [3.63, 3.8) is 0 Å². The standard InChI is InChI=1S/C18H21ClN2O4/c1-12(17(23)20-8-4-5-9-20)25-18(24)13-10-16(22)21(11-13)15-7-3-2-6-14(15)19/h2-3,6-7,12-13H,4-5,8-11H2,1H3/t12-,13+/m0/s1. The summed E-state index contributed by atoms with van der Waals surface area (Å²) >= 11 is 6.14. The van der Waals surface area contributed by atoms with Gasteiger partial charge in [0, 0.05) is 26.1 Å². The zero-order valence-electron chi connectivity index (χ0n) is 14.1.